The third-order valence-electron chi connectivity index (χ3n) is 4.40. The van der Waals surface area contributed by atoms with Gasteiger partial charge in [-0.25, -0.2) is 4.79 Å². The van der Waals surface area contributed by atoms with Gasteiger partial charge >= 0.3 is 5.97 Å². The van der Waals surface area contributed by atoms with E-state index in [0.29, 0.717) is 12.0 Å². The van der Waals surface area contributed by atoms with Crippen LogP contribution in [-0.2, 0) is 23.0 Å². The van der Waals surface area contributed by atoms with Crippen LogP contribution in [0.25, 0.3) is 0 Å². The Kier molecular flexibility index (Phi) is 4.37. The third-order valence-corrected chi connectivity index (χ3v) is 4.40. The molecule has 1 aromatic heterocycles. The van der Waals surface area contributed by atoms with Crippen LogP contribution in [0, 0.1) is 5.41 Å². The monoisotopic (exact) mass is 341 g/mol. The van der Waals surface area contributed by atoms with Crippen molar-refractivity contribution in [1.82, 2.24) is 15.1 Å². The first-order valence-corrected chi connectivity index (χ1v) is 8.33. The van der Waals surface area contributed by atoms with Crippen molar-refractivity contribution in [2.45, 2.75) is 39.3 Å². The molecule has 1 aliphatic rings. The summed E-state index contributed by atoms with van der Waals surface area (Å²) in [6.45, 7) is 6.15. The van der Waals surface area contributed by atoms with Gasteiger partial charge in [-0.15, -0.1) is 0 Å². The number of ether oxygens (including phenoxy) is 1. The molecule has 1 aromatic carbocycles. The molecule has 0 radical (unpaired) electrons. The summed E-state index contributed by atoms with van der Waals surface area (Å²) >= 11 is 0. The fraction of sp³-hybridized carbons (Fsp3) is 0.421. The fourth-order valence-corrected chi connectivity index (χ4v) is 3.10. The van der Waals surface area contributed by atoms with Crippen molar-refractivity contribution in [2.24, 2.45) is 12.5 Å². The van der Waals surface area contributed by atoms with Gasteiger partial charge in [-0.3, -0.25) is 9.48 Å². The molecule has 0 aliphatic carbocycles. The van der Waals surface area contributed by atoms with Crippen LogP contribution in [-0.4, -0.2) is 27.8 Å². The zero-order valence-corrected chi connectivity index (χ0v) is 14.9. The maximum Gasteiger partial charge on any atom is 0.339 e. The van der Waals surface area contributed by atoms with Gasteiger partial charge in [0.1, 0.15) is 0 Å². The van der Waals surface area contributed by atoms with Gasteiger partial charge < -0.3 is 10.1 Å². The highest BCUT2D eigenvalue weighted by Gasteiger charge is 2.35. The molecule has 25 heavy (non-hydrogen) atoms. The lowest BCUT2D eigenvalue weighted by atomic mass is 9.83. The lowest BCUT2D eigenvalue weighted by molar-refractivity contribution is -0.131. The molecule has 1 amide bonds. The molecule has 2 atom stereocenters. The largest absolute Gasteiger partial charge is 0.448 e. The minimum atomic E-state index is -0.816. The molecule has 1 N–H and O–H groups in total. The minimum absolute atomic E-state index is 0.213. The molecular weight excluding hydrogens is 318 g/mol. The van der Waals surface area contributed by atoms with Crippen molar-refractivity contribution in [1.29, 1.82) is 0 Å². The summed E-state index contributed by atoms with van der Waals surface area (Å²) in [5, 5.41) is 7.23. The van der Waals surface area contributed by atoms with E-state index in [4.69, 9.17) is 4.74 Å². The Morgan fingerprint density at radius 1 is 1.36 bits per heavy atom. The summed E-state index contributed by atoms with van der Waals surface area (Å²) in [7, 11) is 1.84. The number of rotatable bonds is 3. The van der Waals surface area contributed by atoms with Gasteiger partial charge in [0, 0.05) is 25.2 Å². The molecule has 132 valence electrons. The third kappa shape index (κ3) is 3.57. The second-order valence-corrected chi connectivity index (χ2v) is 7.51. The number of esters is 1. The molecule has 3 rings (SSSR count). The van der Waals surface area contributed by atoms with Gasteiger partial charge in [-0.2, -0.15) is 5.10 Å². The number of aryl methyl sites for hydroxylation is 1. The number of carbonyl (C=O) groups excluding carboxylic acids is 2. The number of nitrogens with zero attached hydrogens (tertiary/aromatic N) is 2. The number of amides is 1. The Morgan fingerprint density at radius 3 is 2.72 bits per heavy atom. The molecule has 2 heterocycles. The predicted octanol–water partition coefficient (Wildman–Crippen LogP) is 2.41. The van der Waals surface area contributed by atoms with E-state index in [2.05, 4.69) is 10.4 Å². The molecule has 0 fully saturated rings. The van der Waals surface area contributed by atoms with Crippen LogP contribution in [0.3, 0.4) is 0 Å². The van der Waals surface area contributed by atoms with Gasteiger partial charge in [0.05, 0.1) is 17.8 Å². The Morgan fingerprint density at radius 2 is 2.08 bits per heavy atom. The molecule has 0 unspecified atom stereocenters. The molecule has 1 aliphatic heterocycles. The fourth-order valence-electron chi connectivity index (χ4n) is 3.10. The maximum absolute atomic E-state index is 12.8. The molecule has 6 heteroatoms. The lowest BCUT2D eigenvalue weighted by Gasteiger charge is -2.33. The summed E-state index contributed by atoms with van der Waals surface area (Å²) < 4.78 is 7.06. The zero-order valence-electron chi connectivity index (χ0n) is 14.9. The zero-order chi connectivity index (χ0) is 18.2. The first kappa shape index (κ1) is 17.2. The molecule has 6 nitrogen and oxygen atoms in total. The maximum atomic E-state index is 12.8. The Labute approximate surface area is 147 Å². The van der Waals surface area contributed by atoms with E-state index in [1.807, 2.05) is 46.1 Å². The molecule has 0 bridgehead atoms. The number of fused-ring (bicyclic) bond motifs is 1. The first-order valence-electron chi connectivity index (χ1n) is 8.33. The molecule has 0 spiro atoms. The van der Waals surface area contributed by atoms with Gasteiger partial charge in [0.25, 0.3) is 5.91 Å². The van der Waals surface area contributed by atoms with E-state index in [1.54, 1.807) is 23.0 Å². The van der Waals surface area contributed by atoms with Crippen molar-refractivity contribution in [3.05, 3.63) is 53.3 Å². The summed E-state index contributed by atoms with van der Waals surface area (Å²) in [5.74, 6) is -0.734. The number of aromatic nitrogens is 2. The van der Waals surface area contributed by atoms with Crippen molar-refractivity contribution in [3.63, 3.8) is 0 Å². The van der Waals surface area contributed by atoms with Gasteiger partial charge in [0.15, 0.2) is 6.10 Å². The Balaban J connectivity index is 1.80. The highest BCUT2D eigenvalue weighted by atomic mass is 16.5. The van der Waals surface area contributed by atoms with Crippen LogP contribution in [0.5, 0.6) is 0 Å². The summed E-state index contributed by atoms with van der Waals surface area (Å²) in [4.78, 5) is 24.9. The van der Waals surface area contributed by atoms with Crippen molar-refractivity contribution >= 4 is 11.9 Å². The van der Waals surface area contributed by atoms with Crippen molar-refractivity contribution < 1.29 is 14.3 Å². The van der Waals surface area contributed by atoms with E-state index < -0.39 is 12.1 Å². The van der Waals surface area contributed by atoms with Crippen LogP contribution in [0.15, 0.2) is 36.7 Å². The molecule has 0 saturated carbocycles. The highest BCUT2D eigenvalue weighted by molar-refractivity contribution is 5.95. The normalized spacial score (nSPS) is 18.2. The number of hydrogen-bond donors (Lipinski definition) is 1. The SMILES string of the molecule is Cn1cc([C@@H](NC(=O)[C@H]2Cc3ccccc3C(=O)O2)C(C)(C)C)cn1. The first-order chi connectivity index (χ1) is 11.8. The quantitative estimate of drug-likeness (QED) is 0.870. The van der Waals surface area contributed by atoms with E-state index in [-0.39, 0.29) is 17.4 Å². The van der Waals surface area contributed by atoms with E-state index in [0.717, 1.165) is 11.1 Å². The standard InChI is InChI=1S/C19H23N3O3/c1-19(2,3)16(13-10-20-22(4)11-13)21-17(23)15-9-12-7-5-6-8-14(12)18(24)25-15/h5-8,10-11,15-16H,9H2,1-4H3,(H,21,23)/t15-,16-/m1/s1. The van der Waals surface area contributed by atoms with Crippen LogP contribution in [0.2, 0.25) is 0 Å². The van der Waals surface area contributed by atoms with Crippen LogP contribution >= 0.6 is 0 Å². The van der Waals surface area contributed by atoms with Gasteiger partial charge in [-0.05, 0) is 17.0 Å². The number of benzene rings is 1. The Bertz CT molecular complexity index is 804. The van der Waals surface area contributed by atoms with E-state index in [1.165, 1.54) is 0 Å². The smallest absolute Gasteiger partial charge is 0.339 e. The van der Waals surface area contributed by atoms with Crippen LogP contribution < -0.4 is 5.32 Å². The average Bonchev–Trinajstić information content (AvgIpc) is 2.97. The Hall–Kier alpha value is -2.63. The van der Waals surface area contributed by atoms with Crippen LogP contribution in [0.1, 0.15) is 48.3 Å². The molecule has 2 aromatic rings. The lowest BCUT2D eigenvalue weighted by Crippen LogP contribution is -2.45. The summed E-state index contributed by atoms with van der Waals surface area (Å²) in [6.07, 6.45) is 3.21. The number of nitrogens with one attached hydrogen (secondary N) is 1. The average molecular weight is 341 g/mol. The van der Waals surface area contributed by atoms with E-state index in [9.17, 15) is 9.59 Å². The highest BCUT2D eigenvalue weighted by Crippen LogP contribution is 2.33. The second kappa shape index (κ2) is 6.35. The second-order valence-electron chi connectivity index (χ2n) is 7.51. The molecule has 0 saturated heterocycles. The summed E-state index contributed by atoms with van der Waals surface area (Å²) in [6, 6.07) is 7.00. The number of cyclic esters (lactones) is 1. The molecular formula is C19H23N3O3. The van der Waals surface area contributed by atoms with Crippen molar-refractivity contribution in [3.8, 4) is 0 Å². The van der Waals surface area contributed by atoms with Crippen molar-refractivity contribution in [2.75, 3.05) is 0 Å². The van der Waals surface area contributed by atoms with Gasteiger partial charge in [0.2, 0.25) is 0 Å². The van der Waals surface area contributed by atoms with Gasteiger partial charge in [-0.1, -0.05) is 39.0 Å². The minimum Gasteiger partial charge on any atom is -0.448 e. The number of carbonyl (C=O) groups is 2. The topological polar surface area (TPSA) is 73.2 Å². The predicted molar refractivity (Wildman–Crippen MR) is 92.9 cm³/mol. The van der Waals surface area contributed by atoms with Crippen LogP contribution in [0.4, 0.5) is 0 Å². The van der Waals surface area contributed by atoms with E-state index >= 15 is 0 Å². The number of hydrogen-bond acceptors (Lipinski definition) is 4. The summed E-state index contributed by atoms with van der Waals surface area (Å²) in [5.41, 5.74) is 2.08.